The number of hydrogen-bond donors (Lipinski definition) is 1. The molecule has 1 saturated heterocycles. The Morgan fingerprint density at radius 3 is 2.42 bits per heavy atom. The highest BCUT2D eigenvalue weighted by Gasteiger charge is 2.34. The molecule has 0 spiro atoms. The van der Waals surface area contributed by atoms with Gasteiger partial charge in [0.05, 0.1) is 23.5 Å². The second-order valence-corrected chi connectivity index (χ2v) is 9.54. The number of benzene rings is 1. The minimum Gasteiger partial charge on any atom is -0.349 e. The average molecular weight is 349 g/mol. The normalized spacial score (nSPS) is 25.2. The molecule has 1 aromatic rings. The summed E-state index contributed by atoms with van der Waals surface area (Å²) in [5.74, 6) is 0.317. The zero-order valence-electron chi connectivity index (χ0n) is 14.1. The van der Waals surface area contributed by atoms with E-state index in [1.54, 1.807) is 0 Å². The maximum Gasteiger partial charge on any atom is 0.224 e. The van der Waals surface area contributed by atoms with Crippen LogP contribution in [0.15, 0.2) is 30.3 Å². The van der Waals surface area contributed by atoms with Gasteiger partial charge in [0.15, 0.2) is 9.84 Å². The summed E-state index contributed by atoms with van der Waals surface area (Å²) in [6.07, 6.45) is 7.75. The van der Waals surface area contributed by atoms with Crippen LogP contribution in [0.5, 0.6) is 0 Å². The predicted octanol–water partition coefficient (Wildman–Crippen LogP) is 3.25. The fourth-order valence-electron chi connectivity index (χ4n) is 4.01. The van der Waals surface area contributed by atoms with Gasteiger partial charge in [-0.2, -0.15) is 0 Å². The number of carbonyl (C=O) groups excluding carboxylic acids is 1. The molecule has 3 rings (SSSR count). The van der Waals surface area contributed by atoms with Gasteiger partial charge in [-0.05, 0) is 24.3 Å². The van der Waals surface area contributed by atoms with Crippen molar-refractivity contribution in [1.29, 1.82) is 0 Å². The minimum atomic E-state index is -3.03. The van der Waals surface area contributed by atoms with Gasteiger partial charge in [0.1, 0.15) is 0 Å². The number of nitrogens with one attached hydrogen (secondary N) is 1. The van der Waals surface area contributed by atoms with Crippen LogP contribution in [0.2, 0.25) is 0 Å². The summed E-state index contributed by atoms with van der Waals surface area (Å²) < 4.78 is 23.3. The first-order chi connectivity index (χ1) is 11.5. The third kappa shape index (κ3) is 4.59. The highest BCUT2D eigenvalue weighted by Crippen LogP contribution is 2.32. The quantitative estimate of drug-likeness (QED) is 0.887. The maximum absolute atomic E-state index is 12.6. The van der Waals surface area contributed by atoms with Gasteiger partial charge in [-0.15, -0.1) is 0 Å². The van der Waals surface area contributed by atoms with Crippen molar-refractivity contribution in [2.24, 2.45) is 11.8 Å². The SMILES string of the molecule is O=C(N[C@H](CC1CCCCC1)c1ccccc1)[C@H]1CCS(=O)(=O)C1. The molecule has 0 aromatic heterocycles. The van der Waals surface area contributed by atoms with E-state index in [2.05, 4.69) is 17.4 Å². The van der Waals surface area contributed by atoms with Crippen molar-refractivity contribution in [3.8, 4) is 0 Å². The Morgan fingerprint density at radius 1 is 1.08 bits per heavy atom. The van der Waals surface area contributed by atoms with Crippen LogP contribution in [-0.4, -0.2) is 25.8 Å². The Balaban J connectivity index is 1.68. The fourth-order valence-corrected chi connectivity index (χ4v) is 5.75. The van der Waals surface area contributed by atoms with E-state index in [1.165, 1.54) is 32.1 Å². The van der Waals surface area contributed by atoms with E-state index in [0.29, 0.717) is 12.3 Å². The molecule has 1 aliphatic carbocycles. The fraction of sp³-hybridized carbons (Fsp3) is 0.632. The van der Waals surface area contributed by atoms with Crippen molar-refractivity contribution >= 4 is 15.7 Å². The third-order valence-electron chi connectivity index (χ3n) is 5.42. The molecule has 24 heavy (non-hydrogen) atoms. The topological polar surface area (TPSA) is 63.2 Å². The highest BCUT2D eigenvalue weighted by molar-refractivity contribution is 7.91. The summed E-state index contributed by atoms with van der Waals surface area (Å²) in [5, 5.41) is 3.16. The van der Waals surface area contributed by atoms with Gasteiger partial charge < -0.3 is 5.32 Å². The highest BCUT2D eigenvalue weighted by atomic mass is 32.2. The molecule has 2 fully saturated rings. The lowest BCUT2D eigenvalue weighted by Crippen LogP contribution is -2.35. The summed E-state index contributed by atoms with van der Waals surface area (Å²) in [6.45, 7) is 0. The van der Waals surface area contributed by atoms with E-state index in [1.807, 2.05) is 18.2 Å². The molecule has 1 N–H and O–H groups in total. The van der Waals surface area contributed by atoms with Crippen LogP contribution >= 0.6 is 0 Å². The minimum absolute atomic E-state index is 0.00374. The predicted molar refractivity (Wildman–Crippen MR) is 95.3 cm³/mol. The zero-order chi connectivity index (χ0) is 17.0. The molecule has 0 bridgehead atoms. The molecule has 1 aliphatic heterocycles. The first-order valence-corrected chi connectivity index (χ1v) is 10.9. The van der Waals surface area contributed by atoms with Crippen molar-refractivity contribution in [3.63, 3.8) is 0 Å². The lowest BCUT2D eigenvalue weighted by Gasteiger charge is -2.28. The van der Waals surface area contributed by atoms with Gasteiger partial charge in [-0.3, -0.25) is 4.79 Å². The van der Waals surface area contributed by atoms with Crippen LogP contribution in [0.25, 0.3) is 0 Å². The average Bonchev–Trinajstić information content (AvgIpc) is 2.96. The van der Waals surface area contributed by atoms with Crippen molar-refractivity contribution in [1.82, 2.24) is 5.32 Å². The molecule has 5 heteroatoms. The maximum atomic E-state index is 12.6. The van der Waals surface area contributed by atoms with E-state index >= 15 is 0 Å². The summed E-state index contributed by atoms with van der Waals surface area (Å²) >= 11 is 0. The van der Waals surface area contributed by atoms with Crippen LogP contribution in [-0.2, 0) is 14.6 Å². The first kappa shape index (κ1) is 17.5. The summed E-state index contributed by atoms with van der Waals surface area (Å²) in [5.41, 5.74) is 1.12. The molecular weight excluding hydrogens is 322 g/mol. The number of sulfone groups is 1. The third-order valence-corrected chi connectivity index (χ3v) is 7.18. The smallest absolute Gasteiger partial charge is 0.224 e. The molecule has 2 atom stereocenters. The lowest BCUT2D eigenvalue weighted by molar-refractivity contribution is -0.125. The van der Waals surface area contributed by atoms with Gasteiger partial charge in [0.25, 0.3) is 0 Å². The van der Waals surface area contributed by atoms with Gasteiger partial charge in [0.2, 0.25) is 5.91 Å². The summed E-state index contributed by atoms with van der Waals surface area (Å²) in [7, 11) is -3.03. The molecule has 1 heterocycles. The van der Waals surface area contributed by atoms with Gasteiger partial charge in [-0.1, -0.05) is 62.4 Å². The first-order valence-electron chi connectivity index (χ1n) is 9.09. The molecule has 0 radical (unpaired) electrons. The number of amides is 1. The second-order valence-electron chi connectivity index (χ2n) is 7.31. The Bertz CT molecular complexity index is 650. The van der Waals surface area contributed by atoms with E-state index in [4.69, 9.17) is 0 Å². The van der Waals surface area contributed by atoms with Crippen molar-refractivity contribution < 1.29 is 13.2 Å². The van der Waals surface area contributed by atoms with Gasteiger partial charge in [-0.25, -0.2) is 8.42 Å². The van der Waals surface area contributed by atoms with E-state index < -0.39 is 9.84 Å². The zero-order valence-corrected chi connectivity index (χ0v) is 14.9. The Hall–Kier alpha value is -1.36. The van der Waals surface area contributed by atoms with Gasteiger partial charge in [0, 0.05) is 0 Å². The lowest BCUT2D eigenvalue weighted by atomic mass is 9.83. The number of carbonyl (C=O) groups is 1. The van der Waals surface area contributed by atoms with E-state index in [-0.39, 0.29) is 29.4 Å². The van der Waals surface area contributed by atoms with Crippen LogP contribution in [0.1, 0.15) is 56.6 Å². The Kier molecular flexibility index (Phi) is 5.59. The van der Waals surface area contributed by atoms with Crippen LogP contribution in [0, 0.1) is 11.8 Å². The van der Waals surface area contributed by atoms with Gasteiger partial charge >= 0.3 is 0 Å². The summed E-state index contributed by atoms with van der Waals surface area (Å²) in [6, 6.07) is 10.1. The number of hydrogen-bond acceptors (Lipinski definition) is 3. The molecule has 4 nitrogen and oxygen atoms in total. The molecule has 1 aromatic carbocycles. The number of rotatable bonds is 5. The monoisotopic (exact) mass is 349 g/mol. The molecule has 132 valence electrons. The second kappa shape index (κ2) is 7.68. The molecule has 2 aliphatic rings. The van der Waals surface area contributed by atoms with Crippen molar-refractivity contribution in [2.45, 2.75) is 51.0 Å². The van der Waals surface area contributed by atoms with Crippen molar-refractivity contribution in [2.75, 3.05) is 11.5 Å². The van der Waals surface area contributed by atoms with Crippen LogP contribution in [0.3, 0.4) is 0 Å². The molecule has 0 unspecified atom stereocenters. The summed E-state index contributed by atoms with van der Waals surface area (Å²) in [4.78, 5) is 12.6. The molecular formula is C19H27NO3S. The molecule has 1 amide bonds. The van der Waals surface area contributed by atoms with E-state index in [0.717, 1.165) is 12.0 Å². The van der Waals surface area contributed by atoms with Crippen molar-refractivity contribution in [3.05, 3.63) is 35.9 Å². The largest absolute Gasteiger partial charge is 0.349 e. The van der Waals surface area contributed by atoms with Crippen LogP contribution < -0.4 is 5.32 Å². The standard InChI is InChI=1S/C19H27NO3S/c21-19(17-11-12-24(22,23)14-17)20-18(16-9-5-2-6-10-16)13-15-7-3-1-4-8-15/h2,5-6,9-10,15,17-18H,1,3-4,7-8,11-14H2,(H,20,21)/t17-,18+/m0/s1. The Labute approximate surface area is 145 Å². The van der Waals surface area contributed by atoms with Crippen LogP contribution in [0.4, 0.5) is 0 Å². The Morgan fingerprint density at radius 2 is 1.79 bits per heavy atom. The molecule has 1 saturated carbocycles. The van der Waals surface area contributed by atoms with E-state index in [9.17, 15) is 13.2 Å².